The predicted molar refractivity (Wildman–Crippen MR) is 85.9 cm³/mol. The molecule has 0 bridgehead atoms. The third-order valence-electron chi connectivity index (χ3n) is 2.77. The van der Waals surface area contributed by atoms with E-state index in [1.54, 1.807) is 0 Å². The molecule has 0 radical (unpaired) electrons. The summed E-state index contributed by atoms with van der Waals surface area (Å²) < 4.78 is 10.5. The number of halogens is 1. The molecule has 2 atom stereocenters. The largest absolute Gasteiger partial charge is 0.491 e. The fourth-order valence-electron chi connectivity index (χ4n) is 1.79. The summed E-state index contributed by atoms with van der Waals surface area (Å²) in [5.41, 5.74) is 6.66. The molecule has 0 saturated heterocycles. The average Bonchev–Trinajstić information content (AvgIpc) is 2.38. The molecule has 5 nitrogen and oxygen atoms in total. The maximum Gasteiger partial charge on any atom is 0.239 e. The van der Waals surface area contributed by atoms with E-state index in [1.165, 1.54) is 7.11 Å². The Bertz CT molecular complexity index is 441. The van der Waals surface area contributed by atoms with E-state index in [1.807, 2.05) is 45.0 Å². The van der Waals surface area contributed by atoms with Gasteiger partial charge in [0.15, 0.2) is 0 Å². The summed E-state index contributed by atoms with van der Waals surface area (Å²) in [6.07, 6.45) is 0.116. The topological polar surface area (TPSA) is 73.6 Å². The zero-order valence-corrected chi connectivity index (χ0v) is 13.8. The predicted octanol–water partition coefficient (Wildman–Crippen LogP) is 2.05. The van der Waals surface area contributed by atoms with Crippen molar-refractivity contribution >= 4 is 18.3 Å². The summed E-state index contributed by atoms with van der Waals surface area (Å²) in [4.78, 5) is 11.8. The minimum Gasteiger partial charge on any atom is -0.491 e. The molecule has 120 valence electrons. The molecule has 2 unspecified atom stereocenters. The second-order valence-electron chi connectivity index (χ2n) is 5.03. The van der Waals surface area contributed by atoms with Crippen LogP contribution < -0.4 is 15.8 Å². The van der Waals surface area contributed by atoms with E-state index in [9.17, 15) is 4.79 Å². The lowest BCUT2D eigenvalue weighted by atomic mass is 10.1. The number of nitrogens with one attached hydrogen (secondary N) is 1. The van der Waals surface area contributed by atoms with Crippen LogP contribution in [0.25, 0.3) is 0 Å². The van der Waals surface area contributed by atoms with Crippen molar-refractivity contribution in [1.82, 2.24) is 5.32 Å². The van der Waals surface area contributed by atoms with Gasteiger partial charge in [-0.25, -0.2) is 0 Å². The minimum atomic E-state index is -0.655. The molecule has 0 aliphatic heterocycles. The van der Waals surface area contributed by atoms with Crippen molar-refractivity contribution < 1.29 is 14.3 Å². The summed E-state index contributed by atoms with van der Waals surface area (Å²) >= 11 is 0. The standard InChI is InChI=1S/C15H24N2O3.ClH/c1-10(2)20-13-7-5-6-12(8-13)11(3)17-15(18)14(16)9-19-4;/h5-8,10-11,14H,9,16H2,1-4H3,(H,17,18);1H. The highest BCUT2D eigenvalue weighted by Crippen LogP contribution is 2.20. The van der Waals surface area contributed by atoms with Crippen molar-refractivity contribution in [1.29, 1.82) is 0 Å². The van der Waals surface area contributed by atoms with Crippen LogP contribution in [0.5, 0.6) is 5.75 Å². The van der Waals surface area contributed by atoms with Gasteiger partial charge in [-0.2, -0.15) is 0 Å². The highest BCUT2D eigenvalue weighted by molar-refractivity contribution is 5.85. The minimum absolute atomic E-state index is 0. The smallest absolute Gasteiger partial charge is 0.239 e. The molecule has 1 aromatic rings. The van der Waals surface area contributed by atoms with Crippen LogP contribution in [0.4, 0.5) is 0 Å². The van der Waals surface area contributed by atoms with Gasteiger partial charge >= 0.3 is 0 Å². The molecule has 0 aromatic heterocycles. The van der Waals surface area contributed by atoms with E-state index in [-0.39, 0.29) is 37.1 Å². The van der Waals surface area contributed by atoms with Crippen molar-refractivity contribution in [2.45, 2.75) is 39.0 Å². The normalized spacial score (nSPS) is 13.2. The van der Waals surface area contributed by atoms with Crippen LogP contribution >= 0.6 is 12.4 Å². The molecule has 1 aromatic carbocycles. The first-order chi connectivity index (χ1) is 9.43. The van der Waals surface area contributed by atoms with Gasteiger partial charge in [-0.1, -0.05) is 12.1 Å². The van der Waals surface area contributed by atoms with Crippen LogP contribution in [0.1, 0.15) is 32.4 Å². The number of rotatable bonds is 7. The highest BCUT2D eigenvalue weighted by atomic mass is 35.5. The lowest BCUT2D eigenvalue weighted by Crippen LogP contribution is -2.44. The molecule has 6 heteroatoms. The number of benzene rings is 1. The van der Waals surface area contributed by atoms with E-state index in [4.69, 9.17) is 15.2 Å². The van der Waals surface area contributed by atoms with Gasteiger partial charge < -0.3 is 20.5 Å². The number of amides is 1. The number of hydrogen-bond acceptors (Lipinski definition) is 4. The maximum absolute atomic E-state index is 11.8. The van der Waals surface area contributed by atoms with Crippen LogP contribution in [0.2, 0.25) is 0 Å². The molecule has 21 heavy (non-hydrogen) atoms. The quantitative estimate of drug-likeness (QED) is 0.807. The summed E-state index contributed by atoms with van der Waals surface area (Å²) in [7, 11) is 1.52. The Labute approximate surface area is 132 Å². The molecule has 0 saturated carbocycles. The zero-order valence-electron chi connectivity index (χ0n) is 13.0. The number of ether oxygens (including phenoxy) is 2. The Morgan fingerprint density at radius 2 is 2.00 bits per heavy atom. The first-order valence-corrected chi connectivity index (χ1v) is 6.75. The van der Waals surface area contributed by atoms with E-state index >= 15 is 0 Å². The fraction of sp³-hybridized carbons (Fsp3) is 0.533. The summed E-state index contributed by atoms with van der Waals surface area (Å²) in [6, 6.07) is 6.88. The van der Waals surface area contributed by atoms with Gasteiger partial charge in [0.1, 0.15) is 11.8 Å². The van der Waals surface area contributed by atoms with Crippen molar-refractivity contribution in [3.8, 4) is 5.75 Å². The Balaban J connectivity index is 0.00000400. The zero-order chi connectivity index (χ0) is 15.1. The summed E-state index contributed by atoms with van der Waals surface area (Å²) in [5.74, 6) is 0.564. The van der Waals surface area contributed by atoms with Gasteiger partial charge in [-0.05, 0) is 38.5 Å². The van der Waals surface area contributed by atoms with Crippen LogP contribution in [0.15, 0.2) is 24.3 Å². The van der Waals surface area contributed by atoms with Crippen molar-refractivity contribution in [2.24, 2.45) is 5.73 Å². The Kier molecular flexibility index (Phi) is 9.01. The summed E-state index contributed by atoms with van der Waals surface area (Å²) in [5, 5.41) is 2.86. The van der Waals surface area contributed by atoms with Gasteiger partial charge in [0.25, 0.3) is 0 Å². The van der Waals surface area contributed by atoms with Gasteiger partial charge in [0.2, 0.25) is 5.91 Å². The number of nitrogens with two attached hydrogens (primary N) is 1. The molecule has 1 rings (SSSR count). The van der Waals surface area contributed by atoms with Crippen molar-refractivity contribution in [3.05, 3.63) is 29.8 Å². The molecule has 0 aliphatic rings. The molecule has 0 heterocycles. The van der Waals surface area contributed by atoms with Gasteiger partial charge in [0.05, 0.1) is 18.8 Å². The third kappa shape index (κ3) is 6.80. The van der Waals surface area contributed by atoms with Gasteiger partial charge in [-0.15, -0.1) is 12.4 Å². The lowest BCUT2D eigenvalue weighted by Gasteiger charge is -2.18. The maximum atomic E-state index is 11.8. The Morgan fingerprint density at radius 1 is 1.33 bits per heavy atom. The second kappa shape index (κ2) is 9.60. The van der Waals surface area contributed by atoms with E-state index in [0.29, 0.717) is 0 Å². The first kappa shape index (κ1) is 19.7. The SMILES string of the molecule is COCC(N)C(=O)NC(C)c1cccc(OC(C)C)c1.Cl. The highest BCUT2D eigenvalue weighted by Gasteiger charge is 2.16. The third-order valence-corrected chi connectivity index (χ3v) is 2.77. The van der Waals surface area contributed by atoms with Gasteiger partial charge in [-0.3, -0.25) is 4.79 Å². The Hall–Kier alpha value is -1.30. The molecular weight excluding hydrogens is 292 g/mol. The molecular formula is C15H25ClN2O3. The fourth-order valence-corrected chi connectivity index (χ4v) is 1.79. The molecule has 0 fully saturated rings. The van der Waals surface area contributed by atoms with Crippen LogP contribution in [-0.2, 0) is 9.53 Å². The van der Waals surface area contributed by atoms with E-state index < -0.39 is 6.04 Å². The number of carbonyl (C=O) groups is 1. The average molecular weight is 317 g/mol. The van der Waals surface area contributed by atoms with Gasteiger partial charge in [0, 0.05) is 7.11 Å². The lowest BCUT2D eigenvalue weighted by molar-refractivity contribution is -0.124. The first-order valence-electron chi connectivity index (χ1n) is 6.75. The number of methoxy groups -OCH3 is 1. The van der Waals surface area contributed by atoms with Crippen molar-refractivity contribution in [2.75, 3.05) is 13.7 Å². The molecule has 3 N–H and O–H groups in total. The van der Waals surface area contributed by atoms with E-state index in [2.05, 4.69) is 5.32 Å². The van der Waals surface area contributed by atoms with Crippen LogP contribution in [-0.4, -0.2) is 31.8 Å². The Morgan fingerprint density at radius 3 is 2.57 bits per heavy atom. The molecule has 0 aliphatic carbocycles. The summed E-state index contributed by atoms with van der Waals surface area (Å²) in [6.45, 7) is 6.06. The van der Waals surface area contributed by atoms with Crippen LogP contribution in [0.3, 0.4) is 0 Å². The van der Waals surface area contributed by atoms with Crippen molar-refractivity contribution in [3.63, 3.8) is 0 Å². The monoisotopic (exact) mass is 316 g/mol. The molecule has 1 amide bonds. The second-order valence-corrected chi connectivity index (χ2v) is 5.03. The number of carbonyl (C=O) groups excluding carboxylic acids is 1. The van der Waals surface area contributed by atoms with Crippen LogP contribution in [0, 0.1) is 0 Å². The molecule has 0 spiro atoms. The van der Waals surface area contributed by atoms with E-state index in [0.717, 1.165) is 11.3 Å². The number of hydrogen-bond donors (Lipinski definition) is 2.